The number of aromatic nitrogens is 2. The summed E-state index contributed by atoms with van der Waals surface area (Å²) in [5.74, 6) is 0.312. The van der Waals surface area contributed by atoms with E-state index in [1.165, 1.54) is 14.2 Å². The number of esters is 2. The highest BCUT2D eigenvalue weighted by molar-refractivity contribution is 9.09. The number of ketones is 3. The molecule has 65 heavy (non-hydrogen) atoms. The Bertz CT molecular complexity index is 2330. The Hall–Kier alpha value is -7.22. The van der Waals surface area contributed by atoms with Gasteiger partial charge in [-0.1, -0.05) is 28.1 Å². The second kappa shape index (κ2) is 27.8. The molecule has 0 amide bonds. The van der Waals surface area contributed by atoms with Gasteiger partial charge in [0.15, 0.2) is 37.2 Å². The molecular formula is C46H51BrN6O12. The predicted molar refractivity (Wildman–Crippen MR) is 244 cm³/mol. The second-order valence-corrected chi connectivity index (χ2v) is 14.4. The molecule has 0 saturated heterocycles. The van der Waals surface area contributed by atoms with Gasteiger partial charge in [-0.2, -0.15) is 0 Å². The maximum atomic E-state index is 12.3. The first kappa shape index (κ1) is 52.1. The maximum absolute atomic E-state index is 12.3. The van der Waals surface area contributed by atoms with Gasteiger partial charge >= 0.3 is 17.9 Å². The number of pyridine rings is 2. The number of ether oxygens (including phenoxy) is 5. The van der Waals surface area contributed by atoms with Crippen LogP contribution >= 0.6 is 15.9 Å². The molecule has 0 radical (unpaired) electrons. The summed E-state index contributed by atoms with van der Waals surface area (Å²) in [6.45, 7) is 0.795. The van der Waals surface area contributed by atoms with Gasteiger partial charge in [0.2, 0.25) is 0 Å². The number of rotatable bonds is 21. The van der Waals surface area contributed by atoms with Crippen LogP contribution in [0.5, 0.6) is 17.2 Å². The van der Waals surface area contributed by atoms with E-state index in [0.717, 1.165) is 11.4 Å². The van der Waals surface area contributed by atoms with Crippen molar-refractivity contribution in [2.24, 2.45) is 0 Å². The average Bonchev–Trinajstić information content (AvgIpc) is 3.29. The lowest BCUT2D eigenvalue weighted by Gasteiger charge is -2.15. The lowest BCUT2D eigenvalue weighted by molar-refractivity contribution is -0.143. The maximum Gasteiger partial charge on any atom is 0.343 e. The van der Waals surface area contributed by atoms with Gasteiger partial charge in [0.25, 0.3) is 0 Å². The number of anilines is 2. The molecule has 2 aromatic heterocycles. The molecule has 0 fully saturated rings. The Kier molecular flexibility index (Phi) is 22.3. The third-order valence-electron chi connectivity index (χ3n) is 8.53. The minimum Gasteiger partial charge on any atom is -0.482 e. The van der Waals surface area contributed by atoms with Crippen LogP contribution in [-0.4, -0.2) is 127 Å². The van der Waals surface area contributed by atoms with Crippen molar-refractivity contribution in [1.29, 1.82) is 0 Å². The van der Waals surface area contributed by atoms with Crippen molar-refractivity contribution < 1.29 is 57.6 Å². The Morgan fingerprint density at radius 3 is 1.18 bits per heavy atom. The second-order valence-electron chi connectivity index (χ2n) is 13.8. The molecule has 0 aliphatic heterocycles. The molecule has 0 unspecified atom stereocenters. The number of alkyl halides is 1. The SMILES string of the molecule is CN(CC(=O)c1ccc(OCC(=O)O)cc1)Cc1cccc(N)n1.COC(=O)COc1ccc(C(=O)CBr)cc1.COC(=O)COc1ccc(C(=O)CN(C)Cc2cccc(N)n2)cc1. The van der Waals surface area contributed by atoms with Crippen molar-refractivity contribution in [2.45, 2.75) is 13.1 Å². The van der Waals surface area contributed by atoms with Gasteiger partial charge < -0.3 is 40.3 Å². The molecule has 0 saturated carbocycles. The summed E-state index contributed by atoms with van der Waals surface area (Å²) in [5, 5.41) is 8.84. The fraction of sp³-hybridized carbons (Fsp3) is 0.261. The van der Waals surface area contributed by atoms with E-state index in [1.807, 2.05) is 48.2 Å². The molecule has 19 heteroatoms. The number of likely N-dealkylation sites (N-methyl/N-ethyl adjacent to an activating group) is 2. The largest absolute Gasteiger partial charge is 0.482 e. The summed E-state index contributed by atoms with van der Waals surface area (Å²) in [7, 11) is 6.26. The van der Waals surface area contributed by atoms with E-state index in [9.17, 15) is 28.8 Å². The number of benzene rings is 3. The fourth-order valence-corrected chi connectivity index (χ4v) is 5.67. The summed E-state index contributed by atoms with van der Waals surface area (Å²) in [6, 6.07) is 30.4. The van der Waals surface area contributed by atoms with E-state index in [2.05, 4.69) is 35.4 Å². The highest BCUT2D eigenvalue weighted by atomic mass is 79.9. The van der Waals surface area contributed by atoms with Crippen LogP contribution in [-0.2, 0) is 36.9 Å². The van der Waals surface area contributed by atoms with E-state index in [-0.39, 0.29) is 49.0 Å². The van der Waals surface area contributed by atoms with Crippen molar-refractivity contribution in [2.75, 3.05) is 78.0 Å². The molecule has 5 aromatic rings. The molecule has 2 heterocycles. The first-order chi connectivity index (χ1) is 31.1. The smallest absolute Gasteiger partial charge is 0.343 e. The zero-order chi connectivity index (χ0) is 47.7. The van der Waals surface area contributed by atoms with Gasteiger partial charge in [0.05, 0.1) is 44.0 Å². The molecule has 0 spiro atoms. The van der Waals surface area contributed by atoms with E-state index < -0.39 is 24.5 Å². The molecule has 0 aliphatic carbocycles. The third-order valence-corrected chi connectivity index (χ3v) is 9.04. The van der Waals surface area contributed by atoms with Gasteiger partial charge in [0, 0.05) is 29.8 Å². The number of carboxylic acids is 1. The minimum atomic E-state index is -1.05. The summed E-state index contributed by atoms with van der Waals surface area (Å²) in [6.07, 6.45) is 0. The van der Waals surface area contributed by atoms with Crippen LogP contribution in [0.25, 0.3) is 0 Å². The number of aliphatic carboxylic acids is 1. The summed E-state index contributed by atoms with van der Waals surface area (Å²) >= 11 is 3.09. The molecule has 3 aromatic carbocycles. The first-order valence-corrected chi connectivity index (χ1v) is 20.7. The number of hydrogen-bond acceptors (Lipinski definition) is 17. The van der Waals surface area contributed by atoms with Gasteiger partial charge in [0.1, 0.15) is 28.9 Å². The molecule has 5 N–H and O–H groups in total. The number of carbonyl (C=O) groups is 6. The number of nitrogen functional groups attached to an aromatic ring is 2. The zero-order valence-corrected chi connectivity index (χ0v) is 37.9. The number of nitrogens with zero attached hydrogens (tertiary/aromatic N) is 4. The number of halogens is 1. The van der Waals surface area contributed by atoms with Crippen LogP contribution in [0.2, 0.25) is 0 Å². The number of hydrogen-bond donors (Lipinski definition) is 3. The third kappa shape index (κ3) is 20.2. The highest BCUT2D eigenvalue weighted by Crippen LogP contribution is 2.16. The lowest BCUT2D eigenvalue weighted by Crippen LogP contribution is -2.26. The molecule has 5 rings (SSSR count). The molecule has 0 atom stereocenters. The monoisotopic (exact) mass is 958 g/mol. The summed E-state index contributed by atoms with van der Waals surface area (Å²) in [5.41, 5.74) is 14.6. The predicted octanol–water partition coefficient (Wildman–Crippen LogP) is 4.79. The number of methoxy groups -OCH3 is 2. The van der Waals surface area contributed by atoms with E-state index >= 15 is 0 Å². The fourth-order valence-electron chi connectivity index (χ4n) is 5.35. The highest BCUT2D eigenvalue weighted by Gasteiger charge is 2.13. The van der Waals surface area contributed by atoms with Crippen LogP contribution in [0.4, 0.5) is 11.6 Å². The van der Waals surface area contributed by atoms with Crippen molar-refractivity contribution in [1.82, 2.24) is 19.8 Å². The van der Waals surface area contributed by atoms with Crippen LogP contribution in [0.3, 0.4) is 0 Å². The van der Waals surface area contributed by atoms with E-state index in [1.54, 1.807) is 84.9 Å². The molecule has 0 bridgehead atoms. The molecular weight excluding hydrogens is 908 g/mol. The van der Waals surface area contributed by atoms with Gasteiger partial charge in [-0.15, -0.1) is 0 Å². The Balaban J connectivity index is 0.000000266. The number of Topliss-reactive ketones (excluding diaryl/α,β-unsaturated/α-hetero) is 3. The topological polar surface area (TPSA) is 253 Å². The zero-order valence-electron chi connectivity index (χ0n) is 36.3. The van der Waals surface area contributed by atoms with Crippen LogP contribution in [0.15, 0.2) is 109 Å². The van der Waals surface area contributed by atoms with Crippen molar-refractivity contribution >= 4 is 62.8 Å². The minimum absolute atomic E-state index is 0.000446. The van der Waals surface area contributed by atoms with E-state index in [0.29, 0.717) is 58.7 Å². The van der Waals surface area contributed by atoms with E-state index in [4.69, 9.17) is 30.8 Å². The standard InChI is InChI=1S/C18H21N3O4.C17H19N3O4.C11H11BrO4/c1-21(10-14-4-3-5-17(19)20-14)11-16(22)13-6-8-15(9-7-13)25-12-18(23)24-2;1-20(9-13-3-2-4-16(18)19-13)10-15(21)12-5-7-14(8-6-12)24-11-17(22)23;1-15-11(14)7-16-9-4-2-8(3-5-9)10(13)6-12/h3-9H,10-12H2,1-2H3,(H2,19,20);2-8H,9-11H2,1H3,(H2,18,19)(H,22,23);2-5H,6-7H2,1H3. The van der Waals surface area contributed by atoms with Gasteiger partial charge in [-0.05, 0) is 111 Å². The Labute approximate surface area is 384 Å². The van der Waals surface area contributed by atoms with Crippen LogP contribution in [0, 0.1) is 0 Å². The van der Waals surface area contributed by atoms with Gasteiger partial charge in [-0.3, -0.25) is 24.2 Å². The lowest BCUT2D eigenvalue weighted by atomic mass is 10.1. The Morgan fingerprint density at radius 1 is 0.538 bits per heavy atom. The average molecular weight is 960 g/mol. The van der Waals surface area contributed by atoms with Crippen molar-refractivity contribution in [3.05, 3.63) is 137 Å². The van der Waals surface area contributed by atoms with Crippen molar-refractivity contribution in [3.63, 3.8) is 0 Å². The summed E-state index contributed by atoms with van der Waals surface area (Å²) < 4.78 is 24.3. The Morgan fingerprint density at radius 2 is 0.877 bits per heavy atom. The summed E-state index contributed by atoms with van der Waals surface area (Å²) in [4.78, 5) is 80.3. The number of nitrogens with two attached hydrogens (primary N) is 2. The van der Waals surface area contributed by atoms with Crippen molar-refractivity contribution in [3.8, 4) is 17.2 Å². The first-order valence-electron chi connectivity index (χ1n) is 19.6. The molecule has 0 aliphatic rings. The van der Waals surface area contributed by atoms with Gasteiger partial charge in [-0.25, -0.2) is 24.4 Å². The number of carbonyl (C=O) groups excluding carboxylic acids is 5. The van der Waals surface area contributed by atoms with Crippen LogP contribution < -0.4 is 25.7 Å². The van der Waals surface area contributed by atoms with Crippen LogP contribution in [0.1, 0.15) is 42.5 Å². The molecule has 344 valence electrons. The molecule has 18 nitrogen and oxygen atoms in total. The number of carboxylic acid groups (broad SMARTS) is 1. The quantitative estimate of drug-likeness (QED) is 0.0508. The normalized spacial score (nSPS) is 10.3.